The van der Waals surface area contributed by atoms with E-state index in [1.807, 2.05) is 0 Å². The van der Waals surface area contributed by atoms with Crippen LogP contribution in [0.4, 0.5) is 26.3 Å². The van der Waals surface area contributed by atoms with E-state index in [4.69, 9.17) is 9.47 Å². The van der Waals surface area contributed by atoms with E-state index in [1.54, 1.807) is 6.92 Å². The summed E-state index contributed by atoms with van der Waals surface area (Å²) < 4.78 is 92.7. The van der Waals surface area contributed by atoms with Crippen LogP contribution in [-0.4, -0.2) is 33.0 Å². The molecule has 1 heterocycles. The minimum atomic E-state index is -4.91. The molecule has 3 rings (SSSR count). The van der Waals surface area contributed by atoms with Gasteiger partial charge in [0.05, 0.1) is 0 Å². The number of hydrogen-bond donors (Lipinski definition) is 1. The average Bonchev–Trinajstić information content (AvgIpc) is 2.78. The third kappa shape index (κ3) is 7.24. The molecular formula is C24H20F6N2O5. The summed E-state index contributed by atoms with van der Waals surface area (Å²) in [4.78, 5) is 18.7. The van der Waals surface area contributed by atoms with Gasteiger partial charge in [0.25, 0.3) is 0 Å². The predicted octanol–water partition coefficient (Wildman–Crippen LogP) is 6.19. The van der Waals surface area contributed by atoms with Gasteiger partial charge in [0.2, 0.25) is 0 Å². The molecule has 0 spiro atoms. The lowest BCUT2D eigenvalue weighted by atomic mass is 10.1. The van der Waals surface area contributed by atoms with Gasteiger partial charge >= 0.3 is 18.5 Å². The zero-order valence-electron chi connectivity index (χ0n) is 19.6. The normalized spacial score (nSPS) is 12.2. The van der Waals surface area contributed by atoms with Crippen molar-refractivity contribution in [1.82, 2.24) is 9.97 Å². The van der Waals surface area contributed by atoms with Crippen molar-refractivity contribution in [1.29, 1.82) is 0 Å². The number of ether oxygens (including phenoxy) is 3. The van der Waals surface area contributed by atoms with Gasteiger partial charge < -0.3 is 19.3 Å². The van der Waals surface area contributed by atoms with Gasteiger partial charge in [0.15, 0.2) is 17.1 Å². The van der Waals surface area contributed by atoms with Crippen LogP contribution in [0, 0.1) is 6.92 Å². The van der Waals surface area contributed by atoms with Crippen LogP contribution in [-0.2, 0) is 17.6 Å². The highest BCUT2D eigenvalue weighted by molar-refractivity contribution is 5.76. The minimum absolute atomic E-state index is 0.0444. The lowest BCUT2D eigenvalue weighted by molar-refractivity contribution is -0.274. The molecule has 0 aliphatic carbocycles. The van der Waals surface area contributed by atoms with Gasteiger partial charge in [-0.3, -0.25) is 0 Å². The summed E-state index contributed by atoms with van der Waals surface area (Å²) in [5, 5.41) is 9.20. The van der Waals surface area contributed by atoms with Crippen molar-refractivity contribution in [3.8, 4) is 28.6 Å². The zero-order chi connectivity index (χ0) is 27.6. The highest BCUT2D eigenvalue weighted by Gasteiger charge is 2.36. The second kappa shape index (κ2) is 10.1. The largest absolute Gasteiger partial charge is 0.573 e. The van der Waals surface area contributed by atoms with E-state index in [0.717, 1.165) is 30.5 Å². The van der Waals surface area contributed by atoms with E-state index < -0.39 is 42.2 Å². The first-order valence-electron chi connectivity index (χ1n) is 10.5. The van der Waals surface area contributed by atoms with E-state index in [9.17, 15) is 36.2 Å². The molecule has 37 heavy (non-hydrogen) atoms. The van der Waals surface area contributed by atoms with Crippen LogP contribution in [0.2, 0.25) is 0 Å². The quantitative estimate of drug-likeness (QED) is 0.347. The molecule has 0 aliphatic heterocycles. The molecule has 198 valence electrons. The summed E-state index contributed by atoms with van der Waals surface area (Å²) in [7, 11) is 0. The number of aliphatic carboxylic acids is 1. The maximum atomic E-state index is 13.7. The van der Waals surface area contributed by atoms with Crippen LogP contribution in [0.15, 0.2) is 48.7 Å². The Labute approximate surface area is 206 Å². The molecule has 0 fully saturated rings. The predicted molar refractivity (Wildman–Crippen MR) is 117 cm³/mol. The van der Waals surface area contributed by atoms with Crippen molar-refractivity contribution in [2.45, 2.75) is 45.5 Å². The van der Waals surface area contributed by atoms with Crippen molar-refractivity contribution in [2.24, 2.45) is 0 Å². The highest BCUT2D eigenvalue weighted by atomic mass is 19.4. The third-order valence-electron chi connectivity index (χ3n) is 4.90. The number of carboxylic acid groups (broad SMARTS) is 1. The Morgan fingerprint density at radius 1 is 0.946 bits per heavy atom. The first-order valence-corrected chi connectivity index (χ1v) is 10.5. The van der Waals surface area contributed by atoms with Crippen molar-refractivity contribution >= 4 is 5.97 Å². The van der Waals surface area contributed by atoms with Gasteiger partial charge in [0.1, 0.15) is 23.9 Å². The second-order valence-corrected chi connectivity index (χ2v) is 8.27. The molecule has 0 unspecified atom stereocenters. The Balaban J connectivity index is 1.80. The van der Waals surface area contributed by atoms with Crippen molar-refractivity contribution in [2.75, 3.05) is 0 Å². The second-order valence-electron chi connectivity index (χ2n) is 8.27. The minimum Gasteiger partial charge on any atom is -0.489 e. The number of carboxylic acids is 1. The molecule has 0 amide bonds. The Kier molecular flexibility index (Phi) is 7.56. The van der Waals surface area contributed by atoms with Gasteiger partial charge in [-0.15, -0.1) is 13.2 Å². The van der Waals surface area contributed by atoms with Gasteiger partial charge in [-0.2, -0.15) is 13.2 Å². The summed E-state index contributed by atoms with van der Waals surface area (Å²) in [6.45, 7) is 3.80. The maximum absolute atomic E-state index is 13.7. The Morgan fingerprint density at radius 3 is 2.11 bits per heavy atom. The van der Waals surface area contributed by atoms with Gasteiger partial charge in [-0.1, -0.05) is 0 Å². The smallest absolute Gasteiger partial charge is 0.489 e. The Bertz CT molecular complexity index is 1270. The van der Waals surface area contributed by atoms with Gasteiger partial charge in [-0.25, -0.2) is 14.8 Å². The Morgan fingerprint density at radius 2 is 1.57 bits per heavy atom. The topological polar surface area (TPSA) is 90.8 Å². The molecule has 0 radical (unpaired) electrons. The number of carbonyl (C=O) groups is 1. The third-order valence-corrected chi connectivity index (χ3v) is 4.90. The van der Waals surface area contributed by atoms with Crippen LogP contribution in [0.3, 0.4) is 0 Å². The lowest BCUT2D eigenvalue weighted by Crippen LogP contribution is -2.38. The van der Waals surface area contributed by atoms with Crippen LogP contribution in [0.5, 0.6) is 17.2 Å². The molecule has 0 atom stereocenters. The SMILES string of the molecule is Cc1cc(OCc2cnc(-c3ccc(OC(F)(F)F)cc3)nc2C(F)(F)F)ccc1OC(C)(C)C(=O)O. The number of hydrogen-bond acceptors (Lipinski definition) is 6. The molecule has 13 heteroatoms. The first kappa shape index (κ1) is 27.6. The molecule has 7 nitrogen and oxygen atoms in total. The monoisotopic (exact) mass is 530 g/mol. The summed E-state index contributed by atoms with van der Waals surface area (Å²) in [5.74, 6) is -1.63. The molecule has 1 N–H and O–H groups in total. The molecule has 1 aromatic heterocycles. The molecule has 0 bridgehead atoms. The van der Waals surface area contributed by atoms with Crippen LogP contribution >= 0.6 is 0 Å². The maximum Gasteiger partial charge on any atom is 0.573 e. The highest BCUT2D eigenvalue weighted by Crippen LogP contribution is 2.33. The fourth-order valence-corrected chi connectivity index (χ4v) is 3.01. The first-order chi connectivity index (χ1) is 17.0. The number of halogens is 6. The van der Waals surface area contributed by atoms with E-state index >= 15 is 0 Å². The fraction of sp³-hybridized carbons (Fsp3) is 0.292. The summed E-state index contributed by atoms with van der Waals surface area (Å²) in [6, 6.07) is 8.39. The number of aryl methyl sites for hydroxylation is 1. The van der Waals surface area contributed by atoms with Gasteiger partial charge in [0, 0.05) is 17.3 Å². The van der Waals surface area contributed by atoms with E-state index in [2.05, 4.69) is 14.7 Å². The van der Waals surface area contributed by atoms with Crippen molar-refractivity contribution in [3.63, 3.8) is 0 Å². The van der Waals surface area contributed by atoms with E-state index in [0.29, 0.717) is 5.56 Å². The number of alkyl halides is 6. The molecule has 0 saturated carbocycles. The number of aromatic nitrogens is 2. The van der Waals surface area contributed by atoms with E-state index in [1.165, 1.54) is 32.0 Å². The molecule has 3 aromatic rings. The van der Waals surface area contributed by atoms with E-state index in [-0.39, 0.29) is 28.5 Å². The Hall–Kier alpha value is -4.03. The molecule has 2 aromatic carbocycles. The lowest BCUT2D eigenvalue weighted by Gasteiger charge is -2.23. The van der Waals surface area contributed by atoms with Crippen molar-refractivity contribution in [3.05, 3.63) is 65.5 Å². The van der Waals surface area contributed by atoms with Crippen LogP contribution < -0.4 is 14.2 Å². The standard InChI is InChI=1S/C24H20F6N2O5/c1-13-10-17(8-9-18(13)37-22(2,3)21(33)34)35-12-15-11-31-20(32-19(15)23(25,26)27)14-4-6-16(7-5-14)36-24(28,29)30/h4-11H,12H2,1-3H3,(H,33,34). The molecular weight excluding hydrogens is 510 g/mol. The zero-order valence-corrected chi connectivity index (χ0v) is 19.6. The number of benzene rings is 2. The van der Waals surface area contributed by atoms with Crippen LogP contribution in [0.1, 0.15) is 30.7 Å². The van der Waals surface area contributed by atoms with Gasteiger partial charge in [-0.05, 0) is 68.8 Å². The molecule has 0 aliphatic rings. The molecule has 0 saturated heterocycles. The number of nitrogens with zero attached hydrogens (tertiary/aromatic N) is 2. The van der Waals surface area contributed by atoms with Crippen molar-refractivity contribution < 1.29 is 50.5 Å². The fourth-order valence-electron chi connectivity index (χ4n) is 3.01. The number of rotatable bonds is 8. The average molecular weight is 530 g/mol. The summed E-state index contributed by atoms with van der Waals surface area (Å²) in [5.41, 5.74) is -2.61. The summed E-state index contributed by atoms with van der Waals surface area (Å²) >= 11 is 0. The summed E-state index contributed by atoms with van der Waals surface area (Å²) in [6.07, 6.45) is -8.86. The van der Waals surface area contributed by atoms with Crippen LogP contribution in [0.25, 0.3) is 11.4 Å².